The number of hydrogen-bond donors (Lipinski definition) is 2. The first-order valence-electron chi connectivity index (χ1n) is 7.92. The van der Waals surface area contributed by atoms with E-state index in [-0.39, 0.29) is 10.8 Å². The standard InChI is InChI=1S/C18H15N3O4S/c1-11-18(22)20-15-10-13(7-8-16(15)25-11)26(23,24)21-14-6-2-4-12-5-3-9-19-17(12)14/h2-11,21H,1H3,(H,20,22)/t11-/m0/s1. The maximum absolute atomic E-state index is 12.8. The van der Waals surface area contributed by atoms with Crippen LogP contribution in [0.5, 0.6) is 5.75 Å². The number of nitrogens with zero attached hydrogens (tertiary/aromatic N) is 1. The number of fused-ring (bicyclic) bond motifs is 2. The van der Waals surface area contributed by atoms with Gasteiger partial charge in [0.25, 0.3) is 15.9 Å². The lowest BCUT2D eigenvalue weighted by molar-refractivity contribution is -0.122. The second-order valence-electron chi connectivity index (χ2n) is 5.89. The zero-order chi connectivity index (χ0) is 18.3. The summed E-state index contributed by atoms with van der Waals surface area (Å²) in [7, 11) is -3.87. The van der Waals surface area contributed by atoms with Crippen molar-refractivity contribution in [3.8, 4) is 5.75 Å². The van der Waals surface area contributed by atoms with Crippen molar-refractivity contribution in [2.75, 3.05) is 10.0 Å². The van der Waals surface area contributed by atoms with E-state index < -0.39 is 16.1 Å². The van der Waals surface area contributed by atoms with Crippen molar-refractivity contribution in [2.24, 2.45) is 0 Å². The van der Waals surface area contributed by atoms with Gasteiger partial charge in [0.2, 0.25) is 0 Å². The molecule has 0 saturated carbocycles. The highest BCUT2D eigenvalue weighted by Gasteiger charge is 2.25. The van der Waals surface area contributed by atoms with Gasteiger partial charge in [-0.3, -0.25) is 14.5 Å². The van der Waals surface area contributed by atoms with E-state index >= 15 is 0 Å². The molecule has 7 nitrogen and oxygen atoms in total. The smallest absolute Gasteiger partial charge is 0.265 e. The average Bonchev–Trinajstić information content (AvgIpc) is 2.62. The number of pyridine rings is 1. The van der Waals surface area contributed by atoms with E-state index in [1.807, 2.05) is 12.1 Å². The Labute approximate surface area is 150 Å². The Kier molecular flexibility index (Phi) is 3.77. The van der Waals surface area contributed by atoms with Crippen LogP contribution in [0.15, 0.2) is 59.6 Å². The Hall–Kier alpha value is -3.13. The second kappa shape index (κ2) is 5.99. The van der Waals surface area contributed by atoms with Crippen LogP contribution in [0.1, 0.15) is 6.92 Å². The number of anilines is 2. The fraction of sp³-hybridized carbons (Fsp3) is 0.111. The number of ether oxygens (including phenoxy) is 1. The molecule has 3 aromatic rings. The Morgan fingerprint density at radius 3 is 2.81 bits per heavy atom. The van der Waals surface area contributed by atoms with E-state index in [2.05, 4.69) is 15.0 Å². The highest BCUT2D eigenvalue weighted by atomic mass is 32.2. The van der Waals surface area contributed by atoms with Crippen LogP contribution in [0, 0.1) is 0 Å². The highest BCUT2D eigenvalue weighted by molar-refractivity contribution is 7.92. The molecule has 1 atom stereocenters. The molecule has 0 spiro atoms. The van der Waals surface area contributed by atoms with Crippen molar-refractivity contribution in [3.63, 3.8) is 0 Å². The number of hydrogen-bond acceptors (Lipinski definition) is 5. The van der Waals surface area contributed by atoms with Crippen molar-refractivity contribution in [1.82, 2.24) is 4.98 Å². The normalized spacial score (nSPS) is 16.5. The number of carbonyl (C=O) groups is 1. The topological polar surface area (TPSA) is 97.4 Å². The van der Waals surface area contributed by atoms with Gasteiger partial charge in [0.15, 0.2) is 6.10 Å². The summed E-state index contributed by atoms with van der Waals surface area (Å²) in [6, 6.07) is 13.2. The maximum atomic E-state index is 12.8. The molecule has 2 N–H and O–H groups in total. The maximum Gasteiger partial charge on any atom is 0.265 e. The van der Waals surface area contributed by atoms with Gasteiger partial charge in [0.05, 0.1) is 21.8 Å². The molecule has 0 bridgehead atoms. The van der Waals surface area contributed by atoms with Crippen LogP contribution in [0.3, 0.4) is 0 Å². The first kappa shape index (κ1) is 16.3. The molecule has 0 fully saturated rings. The minimum atomic E-state index is -3.87. The van der Waals surface area contributed by atoms with Gasteiger partial charge >= 0.3 is 0 Å². The number of carbonyl (C=O) groups excluding carboxylic acids is 1. The summed E-state index contributed by atoms with van der Waals surface area (Å²) in [5.74, 6) is 0.112. The summed E-state index contributed by atoms with van der Waals surface area (Å²) in [6.07, 6.45) is 0.984. The number of benzene rings is 2. The van der Waals surface area contributed by atoms with E-state index in [0.29, 0.717) is 22.6 Å². The Bertz CT molecular complexity index is 1120. The third-order valence-corrected chi connectivity index (χ3v) is 5.43. The van der Waals surface area contributed by atoms with Crippen LogP contribution in [0.2, 0.25) is 0 Å². The third-order valence-electron chi connectivity index (χ3n) is 4.07. The van der Waals surface area contributed by atoms with Gasteiger partial charge in [0.1, 0.15) is 5.75 Å². The van der Waals surface area contributed by atoms with E-state index in [4.69, 9.17) is 4.74 Å². The number of rotatable bonds is 3. The van der Waals surface area contributed by atoms with Gasteiger partial charge in [-0.25, -0.2) is 8.42 Å². The molecule has 2 aromatic carbocycles. The van der Waals surface area contributed by atoms with Crippen LogP contribution in [-0.4, -0.2) is 25.4 Å². The predicted molar refractivity (Wildman–Crippen MR) is 97.7 cm³/mol. The zero-order valence-corrected chi connectivity index (χ0v) is 14.6. The molecule has 1 aliphatic rings. The molecule has 1 aliphatic heterocycles. The summed E-state index contributed by atoms with van der Waals surface area (Å²) in [5.41, 5.74) is 1.27. The van der Waals surface area contributed by atoms with Gasteiger partial charge in [-0.15, -0.1) is 0 Å². The Balaban J connectivity index is 1.71. The van der Waals surface area contributed by atoms with Crippen LogP contribution >= 0.6 is 0 Å². The molecule has 1 aromatic heterocycles. The van der Waals surface area contributed by atoms with Gasteiger partial charge < -0.3 is 10.1 Å². The molecule has 0 aliphatic carbocycles. The van der Waals surface area contributed by atoms with E-state index in [1.165, 1.54) is 18.2 Å². The van der Waals surface area contributed by atoms with Crippen LogP contribution in [0.25, 0.3) is 10.9 Å². The monoisotopic (exact) mass is 369 g/mol. The van der Waals surface area contributed by atoms with Crippen molar-refractivity contribution < 1.29 is 17.9 Å². The van der Waals surface area contributed by atoms with Crippen molar-refractivity contribution in [1.29, 1.82) is 0 Å². The number of sulfonamides is 1. The summed E-state index contributed by atoms with van der Waals surface area (Å²) < 4.78 is 33.6. The van der Waals surface area contributed by atoms with E-state index in [1.54, 1.807) is 31.3 Å². The number of para-hydroxylation sites is 1. The average molecular weight is 369 g/mol. The fourth-order valence-electron chi connectivity index (χ4n) is 2.75. The first-order valence-corrected chi connectivity index (χ1v) is 9.40. The zero-order valence-electron chi connectivity index (χ0n) is 13.8. The lowest BCUT2D eigenvalue weighted by Gasteiger charge is -2.23. The quantitative estimate of drug-likeness (QED) is 0.740. The molecule has 0 unspecified atom stereocenters. The molecular weight excluding hydrogens is 354 g/mol. The van der Waals surface area contributed by atoms with E-state index in [0.717, 1.165) is 5.39 Å². The van der Waals surface area contributed by atoms with Crippen molar-refractivity contribution >= 4 is 38.2 Å². The predicted octanol–water partition coefficient (Wildman–Crippen LogP) is 2.75. The van der Waals surface area contributed by atoms with Gasteiger partial charge in [0, 0.05) is 11.6 Å². The van der Waals surface area contributed by atoms with E-state index in [9.17, 15) is 13.2 Å². The minimum absolute atomic E-state index is 0.0163. The summed E-state index contributed by atoms with van der Waals surface area (Å²) in [4.78, 5) is 16.0. The van der Waals surface area contributed by atoms with Gasteiger partial charge in [-0.05, 0) is 37.3 Å². The molecule has 0 saturated heterocycles. The van der Waals surface area contributed by atoms with Crippen LogP contribution in [0.4, 0.5) is 11.4 Å². The van der Waals surface area contributed by atoms with Crippen LogP contribution in [-0.2, 0) is 14.8 Å². The Morgan fingerprint density at radius 1 is 1.15 bits per heavy atom. The highest BCUT2D eigenvalue weighted by Crippen LogP contribution is 2.32. The SMILES string of the molecule is C[C@@H]1Oc2ccc(S(=O)(=O)Nc3cccc4cccnc34)cc2NC1=O. The lowest BCUT2D eigenvalue weighted by Crippen LogP contribution is -2.34. The van der Waals surface area contributed by atoms with Gasteiger partial charge in [-0.1, -0.05) is 18.2 Å². The first-order chi connectivity index (χ1) is 12.4. The molecule has 132 valence electrons. The number of aromatic nitrogens is 1. The molecule has 4 rings (SSSR count). The number of amides is 1. The molecule has 2 heterocycles. The largest absolute Gasteiger partial charge is 0.479 e. The van der Waals surface area contributed by atoms with Crippen molar-refractivity contribution in [2.45, 2.75) is 17.9 Å². The van der Waals surface area contributed by atoms with Crippen LogP contribution < -0.4 is 14.8 Å². The molecule has 0 radical (unpaired) electrons. The minimum Gasteiger partial charge on any atom is -0.479 e. The molecular formula is C18H15N3O4S. The third kappa shape index (κ3) is 2.84. The summed E-state index contributed by atoms with van der Waals surface area (Å²) >= 11 is 0. The van der Waals surface area contributed by atoms with Gasteiger partial charge in [-0.2, -0.15) is 0 Å². The summed E-state index contributed by atoms with van der Waals surface area (Å²) in [6.45, 7) is 1.62. The Morgan fingerprint density at radius 2 is 1.96 bits per heavy atom. The lowest BCUT2D eigenvalue weighted by atomic mass is 10.2. The fourth-order valence-corrected chi connectivity index (χ4v) is 3.84. The molecule has 8 heteroatoms. The molecule has 26 heavy (non-hydrogen) atoms. The summed E-state index contributed by atoms with van der Waals surface area (Å²) in [5, 5.41) is 3.47. The van der Waals surface area contributed by atoms with Crippen molar-refractivity contribution in [3.05, 3.63) is 54.7 Å². The number of nitrogens with one attached hydrogen (secondary N) is 2. The second-order valence-corrected chi connectivity index (χ2v) is 7.58. The molecule has 1 amide bonds.